The lowest BCUT2D eigenvalue weighted by Crippen LogP contribution is -2.16. The van der Waals surface area contributed by atoms with E-state index in [0.29, 0.717) is 11.1 Å². The third-order valence-corrected chi connectivity index (χ3v) is 6.27. The number of fused-ring (bicyclic) bond motifs is 1. The zero-order valence-electron chi connectivity index (χ0n) is 16.3. The SMILES string of the molecule is Cc1[nH]c2ccccc2c1C(=O)COC(=O)c1ccccc1SC[C@@H]1CCCO1. The monoisotopic (exact) mass is 409 g/mol. The summed E-state index contributed by atoms with van der Waals surface area (Å²) in [6, 6.07) is 15.0. The van der Waals surface area contributed by atoms with Crippen LogP contribution in [0.1, 0.15) is 39.3 Å². The number of ether oxygens (including phenoxy) is 2. The van der Waals surface area contributed by atoms with Gasteiger partial charge >= 0.3 is 5.97 Å². The highest BCUT2D eigenvalue weighted by atomic mass is 32.2. The Morgan fingerprint density at radius 2 is 1.97 bits per heavy atom. The molecule has 0 radical (unpaired) electrons. The lowest BCUT2D eigenvalue weighted by Gasteiger charge is -2.12. The summed E-state index contributed by atoms with van der Waals surface area (Å²) in [6.45, 7) is 2.38. The molecule has 1 aliphatic rings. The maximum atomic E-state index is 12.7. The van der Waals surface area contributed by atoms with Gasteiger partial charge in [-0.15, -0.1) is 11.8 Å². The van der Waals surface area contributed by atoms with E-state index >= 15 is 0 Å². The lowest BCUT2D eigenvalue weighted by molar-refractivity contribution is 0.0471. The molecule has 0 aliphatic carbocycles. The van der Waals surface area contributed by atoms with E-state index in [4.69, 9.17) is 9.47 Å². The van der Waals surface area contributed by atoms with Gasteiger partial charge in [-0.05, 0) is 38.0 Å². The molecule has 4 rings (SSSR count). The Morgan fingerprint density at radius 3 is 2.79 bits per heavy atom. The van der Waals surface area contributed by atoms with Crippen molar-refractivity contribution in [1.82, 2.24) is 4.98 Å². The molecule has 0 unspecified atom stereocenters. The van der Waals surface area contributed by atoms with Gasteiger partial charge in [0, 0.05) is 39.4 Å². The zero-order chi connectivity index (χ0) is 20.2. The van der Waals surface area contributed by atoms with Crippen LogP contribution in [0.2, 0.25) is 0 Å². The predicted molar refractivity (Wildman–Crippen MR) is 114 cm³/mol. The van der Waals surface area contributed by atoms with E-state index in [1.165, 1.54) is 0 Å². The highest BCUT2D eigenvalue weighted by molar-refractivity contribution is 7.99. The Morgan fingerprint density at radius 1 is 1.17 bits per heavy atom. The number of esters is 1. The molecule has 3 aromatic rings. The summed E-state index contributed by atoms with van der Waals surface area (Å²) in [6.07, 6.45) is 2.37. The average Bonchev–Trinajstić information content (AvgIpc) is 3.37. The van der Waals surface area contributed by atoms with Gasteiger partial charge in [0.25, 0.3) is 0 Å². The summed E-state index contributed by atoms with van der Waals surface area (Å²) in [5.41, 5.74) is 2.74. The number of Topliss-reactive ketones (excluding diaryl/α,β-unsaturated/α-hetero) is 1. The molecule has 1 aliphatic heterocycles. The van der Waals surface area contributed by atoms with Crippen molar-refractivity contribution in [3.8, 4) is 0 Å². The van der Waals surface area contributed by atoms with Crippen LogP contribution in [0.3, 0.4) is 0 Å². The Kier molecular flexibility index (Phi) is 6.02. The second-order valence-electron chi connectivity index (χ2n) is 7.11. The Balaban J connectivity index is 1.43. The molecule has 1 aromatic heterocycles. The topological polar surface area (TPSA) is 68.4 Å². The van der Waals surface area contributed by atoms with Crippen molar-refractivity contribution < 1.29 is 19.1 Å². The first-order valence-corrected chi connectivity index (χ1v) is 10.7. The number of aromatic nitrogens is 1. The minimum Gasteiger partial charge on any atom is -0.454 e. The molecule has 2 aromatic carbocycles. The smallest absolute Gasteiger partial charge is 0.339 e. The number of ketones is 1. The van der Waals surface area contributed by atoms with E-state index in [9.17, 15) is 9.59 Å². The van der Waals surface area contributed by atoms with Gasteiger partial charge in [0.05, 0.1) is 11.7 Å². The van der Waals surface area contributed by atoms with Gasteiger partial charge in [0.1, 0.15) is 0 Å². The van der Waals surface area contributed by atoms with E-state index in [1.54, 1.807) is 23.9 Å². The first-order chi connectivity index (χ1) is 14.1. The van der Waals surface area contributed by atoms with Crippen LogP contribution >= 0.6 is 11.8 Å². The molecule has 2 heterocycles. The number of nitrogens with one attached hydrogen (secondary N) is 1. The van der Waals surface area contributed by atoms with Crippen LogP contribution in [-0.2, 0) is 9.47 Å². The number of benzene rings is 2. The van der Waals surface area contributed by atoms with Gasteiger partial charge in [-0.25, -0.2) is 4.79 Å². The summed E-state index contributed by atoms with van der Waals surface area (Å²) >= 11 is 1.59. The van der Waals surface area contributed by atoms with Gasteiger partial charge in [0.15, 0.2) is 6.61 Å². The number of carbonyl (C=O) groups excluding carboxylic acids is 2. The molecule has 0 amide bonds. The van der Waals surface area contributed by atoms with E-state index in [0.717, 1.165) is 46.7 Å². The fourth-order valence-electron chi connectivity index (χ4n) is 3.64. The summed E-state index contributed by atoms with van der Waals surface area (Å²) in [5.74, 6) is 0.113. The van der Waals surface area contributed by atoms with Crippen LogP contribution in [-0.4, -0.2) is 41.8 Å². The fourth-order valence-corrected chi connectivity index (χ4v) is 4.75. The van der Waals surface area contributed by atoms with Crippen LogP contribution in [0.15, 0.2) is 53.4 Å². The van der Waals surface area contributed by atoms with Gasteiger partial charge in [-0.3, -0.25) is 4.79 Å². The number of carbonyl (C=O) groups is 2. The molecule has 1 saturated heterocycles. The fraction of sp³-hybridized carbons (Fsp3) is 0.304. The van der Waals surface area contributed by atoms with Crippen LogP contribution in [0, 0.1) is 6.92 Å². The molecular weight excluding hydrogens is 386 g/mol. The maximum Gasteiger partial charge on any atom is 0.339 e. The molecule has 29 heavy (non-hydrogen) atoms. The van der Waals surface area contributed by atoms with E-state index in [1.807, 2.05) is 43.3 Å². The van der Waals surface area contributed by atoms with E-state index in [-0.39, 0.29) is 18.5 Å². The molecule has 5 nitrogen and oxygen atoms in total. The lowest BCUT2D eigenvalue weighted by atomic mass is 10.1. The predicted octanol–water partition coefficient (Wildman–Crippen LogP) is 4.79. The quantitative estimate of drug-likeness (QED) is 0.345. The molecule has 0 bridgehead atoms. The van der Waals surface area contributed by atoms with Crippen molar-refractivity contribution in [1.29, 1.82) is 0 Å². The summed E-state index contributed by atoms with van der Waals surface area (Å²) in [7, 11) is 0. The molecule has 1 fully saturated rings. The van der Waals surface area contributed by atoms with Crippen molar-refractivity contribution in [2.75, 3.05) is 19.0 Å². The minimum atomic E-state index is -0.480. The van der Waals surface area contributed by atoms with Crippen molar-refractivity contribution in [3.05, 3.63) is 65.4 Å². The van der Waals surface area contributed by atoms with Gasteiger partial charge in [-0.2, -0.15) is 0 Å². The number of hydrogen-bond acceptors (Lipinski definition) is 5. The van der Waals surface area contributed by atoms with Crippen LogP contribution in [0.25, 0.3) is 10.9 Å². The number of H-pyrrole nitrogens is 1. The largest absolute Gasteiger partial charge is 0.454 e. The van der Waals surface area contributed by atoms with Crippen molar-refractivity contribution >= 4 is 34.4 Å². The average molecular weight is 410 g/mol. The first kappa shape index (κ1) is 19.7. The van der Waals surface area contributed by atoms with Crippen molar-refractivity contribution in [2.45, 2.75) is 30.8 Å². The van der Waals surface area contributed by atoms with Crippen molar-refractivity contribution in [2.24, 2.45) is 0 Å². The number of thioether (sulfide) groups is 1. The van der Waals surface area contributed by atoms with Gasteiger partial charge < -0.3 is 14.5 Å². The summed E-state index contributed by atoms with van der Waals surface area (Å²) in [4.78, 5) is 29.5. The number of aromatic amines is 1. The third kappa shape index (κ3) is 4.38. The highest BCUT2D eigenvalue weighted by Crippen LogP contribution is 2.27. The second kappa shape index (κ2) is 8.84. The van der Waals surface area contributed by atoms with Gasteiger partial charge in [0.2, 0.25) is 5.78 Å². The van der Waals surface area contributed by atoms with E-state index in [2.05, 4.69) is 4.98 Å². The van der Waals surface area contributed by atoms with Crippen LogP contribution in [0.4, 0.5) is 0 Å². The Labute approximate surface area is 173 Å². The third-order valence-electron chi connectivity index (χ3n) is 5.06. The van der Waals surface area contributed by atoms with Gasteiger partial charge in [-0.1, -0.05) is 30.3 Å². The second-order valence-corrected chi connectivity index (χ2v) is 8.17. The molecule has 6 heteroatoms. The Hall–Kier alpha value is -2.57. The number of hydrogen-bond donors (Lipinski definition) is 1. The number of aryl methyl sites for hydroxylation is 1. The first-order valence-electron chi connectivity index (χ1n) is 9.74. The van der Waals surface area contributed by atoms with Crippen LogP contribution < -0.4 is 0 Å². The highest BCUT2D eigenvalue weighted by Gasteiger charge is 2.21. The maximum absolute atomic E-state index is 12.7. The summed E-state index contributed by atoms with van der Waals surface area (Å²) < 4.78 is 11.0. The Bertz CT molecular complexity index is 1040. The normalized spacial score (nSPS) is 16.2. The molecule has 1 N–H and O–H groups in total. The van der Waals surface area contributed by atoms with Crippen LogP contribution in [0.5, 0.6) is 0 Å². The number of rotatable bonds is 7. The standard InChI is InChI=1S/C23H23NO4S/c1-15-22(17-8-2-4-10-19(17)24-15)20(25)13-28-23(26)18-9-3-5-11-21(18)29-14-16-7-6-12-27-16/h2-5,8-11,16,24H,6-7,12-14H2,1H3/t16-/m0/s1. The molecular formula is C23H23NO4S. The zero-order valence-corrected chi connectivity index (χ0v) is 17.1. The summed E-state index contributed by atoms with van der Waals surface area (Å²) in [5, 5.41) is 0.846. The molecule has 0 spiro atoms. The van der Waals surface area contributed by atoms with E-state index < -0.39 is 5.97 Å². The molecule has 1 atom stereocenters. The molecule has 150 valence electrons. The van der Waals surface area contributed by atoms with Crippen molar-refractivity contribution in [3.63, 3.8) is 0 Å². The number of para-hydroxylation sites is 1. The minimum absolute atomic E-state index is 0.210. The molecule has 0 saturated carbocycles.